The molecule has 1 amide bonds. The number of thiazole rings is 1. The first-order valence-corrected chi connectivity index (χ1v) is 6.69. The number of carbonyl (C=O) groups is 1. The summed E-state index contributed by atoms with van der Waals surface area (Å²) in [5.41, 5.74) is 1.87. The van der Waals surface area contributed by atoms with Gasteiger partial charge in [0.1, 0.15) is 0 Å². The first-order chi connectivity index (χ1) is 8.65. The van der Waals surface area contributed by atoms with Crippen molar-refractivity contribution in [2.24, 2.45) is 5.92 Å². The lowest BCUT2D eigenvalue weighted by atomic mass is 10.1. The summed E-state index contributed by atoms with van der Waals surface area (Å²) in [6, 6.07) is 3.80. The van der Waals surface area contributed by atoms with E-state index < -0.39 is 0 Å². The number of hydrogen-bond donors (Lipinski definition) is 1. The Morgan fingerprint density at radius 1 is 1.39 bits per heavy atom. The van der Waals surface area contributed by atoms with E-state index in [1.165, 1.54) is 11.3 Å². The molecule has 5 heteroatoms. The largest absolute Gasteiger partial charge is 0.302 e. The van der Waals surface area contributed by atoms with Crippen molar-refractivity contribution < 1.29 is 4.79 Å². The molecule has 4 nitrogen and oxygen atoms in total. The molecule has 0 fully saturated rings. The van der Waals surface area contributed by atoms with Gasteiger partial charge in [0.25, 0.3) is 0 Å². The van der Waals surface area contributed by atoms with Crippen LogP contribution in [-0.2, 0) is 4.79 Å². The number of anilines is 1. The lowest BCUT2D eigenvalue weighted by molar-refractivity contribution is -0.116. The monoisotopic (exact) mass is 261 g/mol. The minimum atomic E-state index is 0.0145. The lowest BCUT2D eigenvalue weighted by Gasteiger charge is -2.03. The van der Waals surface area contributed by atoms with Crippen LogP contribution in [0, 0.1) is 5.92 Å². The summed E-state index contributed by atoms with van der Waals surface area (Å²) in [5, 5.41) is 5.39. The molecule has 0 atom stereocenters. The molecule has 0 radical (unpaired) electrons. The molecule has 1 N–H and O–H groups in total. The molecule has 2 aromatic rings. The molecule has 0 aliphatic heterocycles. The van der Waals surface area contributed by atoms with E-state index in [2.05, 4.69) is 15.3 Å². The van der Waals surface area contributed by atoms with Gasteiger partial charge < -0.3 is 5.32 Å². The SMILES string of the molecule is CC(C)CC(=O)Nc1nc(-c2ccncc2)cs1. The van der Waals surface area contributed by atoms with Gasteiger partial charge in [-0.25, -0.2) is 4.98 Å². The minimum Gasteiger partial charge on any atom is -0.302 e. The predicted molar refractivity (Wildman–Crippen MR) is 73.4 cm³/mol. The molecular formula is C13H15N3OS. The molecule has 94 valence electrons. The second-order valence-corrected chi connectivity index (χ2v) is 5.28. The molecule has 0 unspecified atom stereocenters. The molecule has 2 heterocycles. The number of pyridine rings is 1. The molecule has 0 aliphatic rings. The van der Waals surface area contributed by atoms with Crippen molar-refractivity contribution in [1.82, 2.24) is 9.97 Å². The maximum Gasteiger partial charge on any atom is 0.226 e. The zero-order chi connectivity index (χ0) is 13.0. The Morgan fingerprint density at radius 2 is 2.11 bits per heavy atom. The second-order valence-electron chi connectivity index (χ2n) is 4.42. The summed E-state index contributed by atoms with van der Waals surface area (Å²) < 4.78 is 0. The number of nitrogens with one attached hydrogen (secondary N) is 1. The van der Waals surface area contributed by atoms with Crippen LogP contribution in [0.3, 0.4) is 0 Å². The molecule has 0 aliphatic carbocycles. The fraction of sp³-hybridized carbons (Fsp3) is 0.308. The molecule has 2 rings (SSSR count). The zero-order valence-electron chi connectivity index (χ0n) is 10.4. The van der Waals surface area contributed by atoms with Crippen LogP contribution in [0.5, 0.6) is 0 Å². The van der Waals surface area contributed by atoms with E-state index in [0.29, 0.717) is 17.5 Å². The molecular weight excluding hydrogens is 246 g/mol. The van der Waals surface area contributed by atoms with Gasteiger partial charge in [0.15, 0.2) is 5.13 Å². The van der Waals surface area contributed by atoms with E-state index in [1.54, 1.807) is 12.4 Å². The third-order valence-electron chi connectivity index (χ3n) is 2.32. The molecule has 0 saturated heterocycles. The van der Waals surface area contributed by atoms with Crippen molar-refractivity contribution in [3.63, 3.8) is 0 Å². The highest BCUT2D eigenvalue weighted by atomic mass is 32.1. The molecule has 2 aromatic heterocycles. The van der Waals surface area contributed by atoms with Crippen molar-refractivity contribution in [3.8, 4) is 11.3 Å². The van der Waals surface area contributed by atoms with Gasteiger partial charge in [-0.05, 0) is 18.1 Å². The first-order valence-electron chi connectivity index (χ1n) is 5.81. The van der Waals surface area contributed by atoms with Crippen LogP contribution < -0.4 is 5.32 Å². The highest BCUT2D eigenvalue weighted by molar-refractivity contribution is 7.14. The maximum absolute atomic E-state index is 11.6. The summed E-state index contributed by atoms with van der Waals surface area (Å²) in [5.74, 6) is 0.366. The summed E-state index contributed by atoms with van der Waals surface area (Å²) in [6.07, 6.45) is 3.97. The first kappa shape index (κ1) is 12.7. The van der Waals surface area contributed by atoms with Gasteiger partial charge in [-0.15, -0.1) is 11.3 Å². The Labute approximate surface area is 110 Å². The number of aromatic nitrogens is 2. The van der Waals surface area contributed by atoms with Gasteiger partial charge >= 0.3 is 0 Å². The summed E-state index contributed by atoms with van der Waals surface area (Å²) in [6.45, 7) is 4.04. The number of rotatable bonds is 4. The fourth-order valence-electron chi connectivity index (χ4n) is 1.53. The van der Waals surface area contributed by atoms with Gasteiger partial charge in [0.05, 0.1) is 5.69 Å². The van der Waals surface area contributed by atoms with Crippen LogP contribution in [-0.4, -0.2) is 15.9 Å². The number of hydrogen-bond acceptors (Lipinski definition) is 4. The third-order valence-corrected chi connectivity index (χ3v) is 3.08. The van der Waals surface area contributed by atoms with Crippen LogP contribution in [0.15, 0.2) is 29.9 Å². The van der Waals surface area contributed by atoms with E-state index in [9.17, 15) is 4.79 Å². The van der Waals surface area contributed by atoms with Gasteiger partial charge in [0.2, 0.25) is 5.91 Å². The summed E-state index contributed by atoms with van der Waals surface area (Å²) in [4.78, 5) is 20.0. The second kappa shape index (κ2) is 5.73. The topological polar surface area (TPSA) is 54.9 Å². The molecule has 0 bridgehead atoms. The average molecular weight is 261 g/mol. The Kier molecular flexibility index (Phi) is 4.04. The molecule has 0 spiro atoms. The quantitative estimate of drug-likeness (QED) is 0.919. The van der Waals surface area contributed by atoms with Gasteiger partial charge in [-0.2, -0.15) is 0 Å². The van der Waals surface area contributed by atoms with Gasteiger partial charge in [-0.1, -0.05) is 13.8 Å². The summed E-state index contributed by atoms with van der Waals surface area (Å²) >= 11 is 1.44. The Morgan fingerprint density at radius 3 is 2.78 bits per heavy atom. The van der Waals surface area contributed by atoms with Crippen LogP contribution in [0.2, 0.25) is 0 Å². The van der Waals surface area contributed by atoms with Crippen molar-refractivity contribution in [2.75, 3.05) is 5.32 Å². The Balaban J connectivity index is 2.05. The number of amides is 1. The highest BCUT2D eigenvalue weighted by Gasteiger charge is 2.09. The zero-order valence-corrected chi connectivity index (χ0v) is 11.2. The van der Waals surface area contributed by atoms with Gasteiger partial charge in [-0.3, -0.25) is 9.78 Å². The van der Waals surface area contributed by atoms with Crippen LogP contribution in [0.25, 0.3) is 11.3 Å². The average Bonchev–Trinajstić information content (AvgIpc) is 2.77. The molecule has 0 aromatic carbocycles. The normalized spacial score (nSPS) is 10.6. The van der Waals surface area contributed by atoms with E-state index in [-0.39, 0.29) is 5.91 Å². The lowest BCUT2D eigenvalue weighted by Crippen LogP contribution is -2.13. The maximum atomic E-state index is 11.6. The van der Waals surface area contributed by atoms with Crippen LogP contribution in [0.1, 0.15) is 20.3 Å². The fourth-order valence-corrected chi connectivity index (χ4v) is 2.26. The Bertz CT molecular complexity index is 522. The van der Waals surface area contributed by atoms with Crippen molar-refractivity contribution in [1.29, 1.82) is 0 Å². The number of nitrogens with zero attached hydrogens (tertiary/aromatic N) is 2. The van der Waals surface area contributed by atoms with E-state index >= 15 is 0 Å². The minimum absolute atomic E-state index is 0.0145. The van der Waals surface area contributed by atoms with Crippen molar-refractivity contribution >= 4 is 22.4 Å². The smallest absolute Gasteiger partial charge is 0.226 e. The van der Waals surface area contributed by atoms with Crippen molar-refractivity contribution in [2.45, 2.75) is 20.3 Å². The Hall–Kier alpha value is -1.75. The third kappa shape index (κ3) is 3.37. The van der Waals surface area contributed by atoms with E-state index in [4.69, 9.17) is 0 Å². The number of carbonyl (C=O) groups excluding carboxylic acids is 1. The highest BCUT2D eigenvalue weighted by Crippen LogP contribution is 2.24. The van der Waals surface area contributed by atoms with Gasteiger partial charge in [0, 0.05) is 29.8 Å². The van der Waals surface area contributed by atoms with Crippen molar-refractivity contribution in [3.05, 3.63) is 29.9 Å². The molecule has 18 heavy (non-hydrogen) atoms. The van der Waals surface area contributed by atoms with E-state index in [1.807, 2.05) is 31.4 Å². The standard InChI is InChI=1S/C13H15N3OS/c1-9(2)7-12(17)16-13-15-11(8-18-13)10-3-5-14-6-4-10/h3-6,8-9H,7H2,1-2H3,(H,15,16,17). The predicted octanol–water partition coefficient (Wildman–Crippen LogP) is 3.19. The van der Waals surface area contributed by atoms with E-state index in [0.717, 1.165) is 11.3 Å². The van der Waals surface area contributed by atoms with Crippen LogP contribution in [0.4, 0.5) is 5.13 Å². The van der Waals surface area contributed by atoms with Crippen LogP contribution >= 0.6 is 11.3 Å². The molecule has 0 saturated carbocycles. The summed E-state index contributed by atoms with van der Waals surface area (Å²) in [7, 11) is 0.